The lowest BCUT2D eigenvalue weighted by molar-refractivity contribution is -0.145. The minimum Gasteiger partial charge on any atom is -0.302 e. The van der Waals surface area contributed by atoms with Crippen molar-refractivity contribution in [2.45, 2.75) is 52.0 Å². The van der Waals surface area contributed by atoms with Gasteiger partial charge in [-0.3, -0.25) is 0 Å². The fourth-order valence-electron chi connectivity index (χ4n) is 3.22. The van der Waals surface area contributed by atoms with Gasteiger partial charge in [0.15, 0.2) is 12.4 Å². The quantitative estimate of drug-likeness (QED) is 0.930. The van der Waals surface area contributed by atoms with Gasteiger partial charge in [0.2, 0.25) is 0 Å². The molecule has 1 atom stereocenters. The monoisotopic (exact) mass is 339 g/mol. The number of halogens is 3. The average molecular weight is 339 g/mol. The Kier molecular flexibility index (Phi) is 4.33. The maximum absolute atomic E-state index is 12.4. The smallest absolute Gasteiger partial charge is 0.302 e. The first-order valence-electron chi connectivity index (χ1n) is 7.89. The number of aromatic nitrogens is 4. The molecule has 0 bridgehead atoms. The van der Waals surface area contributed by atoms with Crippen molar-refractivity contribution in [1.29, 1.82) is 0 Å². The maximum Gasteiger partial charge on any atom is 0.409 e. The van der Waals surface area contributed by atoms with E-state index in [1.807, 2.05) is 12.1 Å². The van der Waals surface area contributed by atoms with E-state index >= 15 is 0 Å². The molecular formula is C16H20F3N5. The van der Waals surface area contributed by atoms with Crippen LogP contribution in [-0.2, 0) is 19.5 Å². The van der Waals surface area contributed by atoms with Crippen LogP contribution in [0.4, 0.5) is 13.2 Å². The third-order valence-corrected chi connectivity index (χ3v) is 4.47. The lowest BCUT2D eigenvalue weighted by atomic mass is 9.70. The second-order valence-electron chi connectivity index (χ2n) is 6.85. The Bertz CT molecular complexity index is 708. The molecule has 1 aliphatic carbocycles. The molecule has 24 heavy (non-hydrogen) atoms. The first-order valence-corrected chi connectivity index (χ1v) is 7.89. The third-order valence-electron chi connectivity index (χ3n) is 4.47. The highest BCUT2D eigenvalue weighted by molar-refractivity contribution is 5.34. The van der Waals surface area contributed by atoms with E-state index in [2.05, 4.69) is 46.7 Å². The van der Waals surface area contributed by atoms with Crippen LogP contribution in [0.25, 0.3) is 0 Å². The highest BCUT2D eigenvalue weighted by Crippen LogP contribution is 2.43. The molecule has 1 N–H and O–H groups in total. The normalized spacial score (nSPS) is 20.0. The summed E-state index contributed by atoms with van der Waals surface area (Å²) in [5.41, 5.74) is 2.58. The molecule has 0 saturated carbocycles. The summed E-state index contributed by atoms with van der Waals surface area (Å²) in [6.45, 7) is 3.43. The van der Waals surface area contributed by atoms with Crippen LogP contribution in [0.5, 0.6) is 0 Å². The Labute approximate surface area is 138 Å². The van der Waals surface area contributed by atoms with Crippen molar-refractivity contribution in [3.8, 4) is 0 Å². The van der Waals surface area contributed by atoms with Gasteiger partial charge < -0.3 is 5.32 Å². The summed E-state index contributed by atoms with van der Waals surface area (Å²) in [7, 11) is 0. The Hall–Kier alpha value is -1.96. The van der Waals surface area contributed by atoms with Crippen LogP contribution in [0.15, 0.2) is 24.3 Å². The minimum absolute atomic E-state index is 0.0380. The molecule has 1 heterocycles. The van der Waals surface area contributed by atoms with Crippen molar-refractivity contribution >= 4 is 0 Å². The van der Waals surface area contributed by atoms with E-state index < -0.39 is 12.7 Å². The largest absolute Gasteiger partial charge is 0.409 e. The molecule has 0 aliphatic heterocycles. The van der Waals surface area contributed by atoms with E-state index in [9.17, 15) is 13.2 Å². The fraction of sp³-hybridized carbons (Fsp3) is 0.562. The summed E-state index contributed by atoms with van der Waals surface area (Å²) in [4.78, 5) is 0.580. The molecule has 0 unspecified atom stereocenters. The Morgan fingerprint density at radius 1 is 1.29 bits per heavy atom. The molecule has 0 saturated heterocycles. The first kappa shape index (κ1) is 16.9. The fourth-order valence-corrected chi connectivity index (χ4v) is 3.22. The van der Waals surface area contributed by atoms with E-state index in [0.29, 0.717) is 4.80 Å². The van der Waals surface area contributed by atoms with E-state index in [1.165, 1.54) is 11.1 Å². The van der Waals surface area contributed by atoms with Gasteiger partial charge in [0.1, 0.15) is 0 Å². The van der Waals surface area contributed by atoms with Crippen molar-refractivity contribution in [3.63, 3.8) is 0 Å². The number of nitrogens with zero attached hydrogens (tertiary/aromatic N) is 4. The van der Waals surface area contributed by atoms with Gasteiger partial charge in [0.25, 0.3) is 0 Å². The van der Waals surface area contributed by atoms with Crippen LogP contribution >= 0.6 is 0 Å². The number of benzene rings is 1. The first-order chi connectivity index (χ1) is 11.2. The van der Waals surface area contributed by atoms with Crippen LogP contribution in [0.3, 0.4) is 0 Å². The topological polar surface area (TPSA) is 55.6 Å². The van der Waals surface area contributed by atoms with Crippen molar-refractivity contribution in [3.05, 3.63) is 41.2 Å². The van der Waals surface area contributed by atoms with Gasteiger partial charge >= 0.3 is 6.18 Å². The van der Waals surface area contributed by atoms with Crippen molar-refractivity contribution in [2.75, 3.05) is 0 Å². The summed E-state index contributed by atoms with van der Waals surface area (Å²) in [6.07, 6.45) is -2.28. The van der Waals surface area contributed by atoms with Gasteiger partial charge in [0, 0.05) is 6.04 Å². The zero-order valence-corrected chi connectivity index (χ0v) is 13.6. The summed E-state index contributed by atoms with van der Waals surface area (Å²) < 4.78 is 37.1. The van der Waals surface area contributed by atoms with Crippen LogP contribution in [0.2, 0.25) is 0 Å². The predicted octanol–water partition coefficient (Wildman–Crippen LogP) is 3.04. The molecule has 1 aromatic carbocycles. The number of fused-ring (bicyclic) bond motifs is 1. The second-order valence-corrected chi connectivity index (χ2v) is 6.85. The van der Waals surface area contributed by atoms with Gasteiger partial charge in [-0.15, -0.1) is 10.2 Å². The third kappa shape index (κ3) is 3.75. The van der Waals surface area contributed by atoms with E-state index in [0.717, 1.165) is 12.8 Å². The average Bonchev–Trinajstić information content (AvgIpc) is 2.91. The van der Waals surface area contributed by atoms with Crippen LogP contribution in [0, 0.1) is 5.41 Å². The molecule has 0 fully saturated rings. The van der Waals surface area contributed by atoms with Crippen molar-refractivity contribution in [2.24, 2.45) is 5.41 Å². The van der Waals surface area contributed by atoms with Crippen molar-refractivity contribution < 1.29 is 13.2 Å². The second kappa shape index (κ2) is 6.16. The zero-order chi connectivity index (χ0) is 17.4. The van der Waals surface area contributed by atoms with Crippen LogP contribution in [0.1, 0.15) is 43.3 Å². The number of hydrogen-bond acceptors (Lipinski definition) is 4. The standard InChI is InChI=1S/C16H20F3N5/c1-15(2)8-7-11-5-3-4-6-12(11)14(15)20-9-13-21-23-24(22-13)10-16(17,18)19/h3-6,14,20H,7-10H2,1-2H3/t14-/m0/s1. The lowest BCUT2D eigenvalue weighted by Crippen LogP contribution is -2.38. The Morgan fingerprint density at radius 2 is 2.04 bits per heavy atom. The molecule has 2 aromatic rings. The maximum atomic E-state index is 12.4. The Morgan fingerprint density at radius 3 is 2.79 bits per heavy atom. The molecule has 130 valence electrons. The number of hydrogen-bond donors (Lipinski definition) is 1. The molecule has 1 aliphatic rings. The SMILES string of the molecule is CC1(C)CCc2ccccc2[C@@H]1NCc1nnn(CC(F)(F)F)n1. The summed E-state index contributed by atoms with van der Waals surface area (Å²) in [5.74, 6) is 0.262. The highest BCUT2D eigenvalue weighted by Gasteiger charge is 2.35. The summed E-state index contributed by atoms with van der Waals surface area (Å²) in [5, 5.41) is 14.4. The van der Waals surface area contributed by atoms with Gasteiger partial charge in [-0.1, -0.05) is 38.1 Å². The summed E-state index contributed by atoms with van der Waals surface area (Å²) >= 11 is 0. The molecule has 0 radical (unpaired) electrons. The number of alkyl halides is 3. The highest BCUT2D eigenvalue weighted by atomic mass is 19.4. The van der Waals surface area contributed by atoms with Gasteiger partial charge in [-0.25, -0.2) is 0 Å². The van der Waals surface area contributed by atoms with Gasteiger partial charge in [-0.2, -0.15) is 18.0 Å². The lowest BCUT2D eigenvalue weighted by Gasteiger charge is -2.40. The van der Waals surface area contributed by atoms with E-state index in [-0.39, 0.29) is 23.8 Å². The zero-order valence-electron chi connectivity index (χ0n) is 13.6. The van der Waals surface area contributed by atoms with Gasteiger partial charge in [-0.05, 0) is 34.6 Å². The molecule has 8 heteroatoms. The Balaban J connectivity index is 1.72. The van der Waals surface area contributed by atoms with E-state index in [4.69, 9.17) is 0 Å². The molecule has 0 spiro atoms. The number of nitrogens with one attached hydrogen (secondary N) is 1. The molecular weight excluding hydrogens is 319 g/mol. The predicted molar refractivity (Wildman–Crippen MR) is 82.0 cm³/mol. The minimum atomic E-state index is -4.35. The van der Waals surface area contributed by atoms with Gasteiger partial charge in [0.05, 0.1) is 6.54 Å². The number of rotatable bonds is 4. The molecule has 0 amide bonds. The molecule has 1 aromatic heterocycles. The van der Waals surface area contributed by atoms with E-state index in [1.54, 1.807) is 0 Å². The van der Waals surface area contributed by atoms with Crippen molar-refractivity contribution in [1.82, 2.24) is 25.5 Å². The summed E-state index contributed by atoms with van der Waals surface area (Å²) in [6, 6.07) is 8.35. The van der Waals surface area contributed by atoms with Crippen LogP contribution < -0.4 is 5.32 Å². The number of tetrazole rings is 1. The molecule has 3 rings (SSSR count). The van der Waals surface area contributed by atoms with Crippen LogP contribution in [-0.4, -0.2) is 26.4 Å². The number of aryl methyl sites for hydroxylation is 1. The molecule has 5 nitrogen and oxygen atoms in total.